The van der Waals surface area contributed by atoms with Crippen LogP contribution in [0, 0.1) is 12.7 Å². The first kappa shape index (κ1) is 22.6. The standard InChI is InChI=1S/C26H22ClFN2O3/c1-3-14-33-20-7-4-6-19(15-20)29-24-23(17-10-12-18(28)13-11-17)25(31)30(26(24)32)22-9-5-8-21(27)16(22)2/h4-13,15,29H,3,14H2,1-2H3. The SMILES string of the molecule is CCCOc1cccc(NC2=C(c3ccc(F)cc3)C(=O)N(c3cccc(Cl)c3C)C2=O)c1. The fourth-order valence-electron chi connectivity index (χ4n) is 3.62. The molecule has 0 saturated heterocycles. The number of halogens is 2. The molecule has 1 aliphatic rings. The first-order chi connectivity index (χ1) is 15.9. The molecule has 0 radical (unpaired) electrons. The van der Waals surface area contributed by atoms with Crippen LogP contribution in [0.4, 0.5) is 15.8 Å². The van der Waals surface area contributed by atoms with Crippen molar-refractivity contribution in [1.29, 1.82) is 0 Å². The summed E-state index contributed by atoms with van der Waals surface area (Å²) in [7, 11) is 0. The predicted octanol–water partition coefficient (Wildman–Crippen LogP) is 5.97. The zero-order chi connectivity index (χ0) is 23.5. The summed E-state index contributed by atoms with van der Waals surface area (Å²) in [5, 5.41) is 3.54. The van der Waals surface area contributed by atoms with Gasteiger partial charge in [-0.05, 0) is 60.9 Å². The first-order valence-corrected chi connectivity index (χ1v) is 10.9. The molecule has 0 fully saturated rings. The number of carbonyl (C=O) groups is 2. The van der Waals surface area contributed by atoms with Gasteiger partial charge in [0.1, 0.15) is 17.3 Å². The Hall–Kier alpha value is -3.64. The summed E-state index contributed by atoms with van der Waals surface area (Å²) in [4.78, 5) is 28.1. The molecule has 7 heteroatoms. The van der Waals surface area contributed by atoms with Crippen molar-refractivity contribution in [2.45, 2.75) is 20.3 Å². The second kappa shape index (κ2) is 9.46. The number of benzene rings is 3. The molecule has 2 amide bonds. The molecule has 0 aliphatic carbocycles. The number of ether oxygens (including phenoxy) is 1. The van der Waals surface area contributed by atoms with Crippen LogP contribution in [0.1, 0.15) is 24.5 Å². The summed E-state index contributed by atoms with van der Waals surface area (Å²) in [6.07, 6.45) is 0.860. The van der Waals surface area contributed by atoms with Crippen molar-refractivity contribution >= 4 is 40.4 Å². The molecule has 0 unspecified atom stereocenters. The minimum atomic E-state index is -0.524. The van der Waals surface area contributed by atoms with Gasteiger partial charge in [-0.3, -0.25) is 9.59 Å². The van der Waals surface area contributed by atoms with E-state index in [0.29, 0.717) is 39.9 Å². The van der Waals surface area contributed by atoms with Gasteiger partial charge in [0.15, 0.2) is 0 Å². The number of rotatable bonds is 7. The minimum absolute atomic E-state index is 0.0959. The van der Waals surface area contributed by atoms with Crippen LogP contribution < -0.4 is 15.0 Å². The number of carbonyl (C=O) groups excluding carboxylic acids is 2. The fourth-order valence-corrected chi connectivity index (χ4v) is 3.78. The molecule has 5 nitrogen and oxygen atoms in total. The fraction of sp³-hybridized carbons (Fsp3) is 0.154. The highest BCUT2D eigenvalue weighted by Crippen LogP contribution is 2.37. The van der Waals surface area contributed by atoms with E-state index in [0.717, 1.165) is 11.3 Å². The van der Waals surface area contributed by atoms with Crippen LogP contribution in [0.2, 0.25) is 5.02 Å². The number of nitrogens with zero attached hydrogens (tertiary/aromatic N) is 1. The molecule has 0 saturated carbocycles. The third kappa shape index (κ3) is 4.47. The number of anilines is 2. The smallest absolute Gasteiger partial charge is 0.282 e. The Morgan fingerprint density at radius 1 is 1.00 bits per heavy atom. The lowest BCUT2D eigenvalue weighted by molar-refractivity contribution is -0.120. The van der Waals surface area contributed by atoms with Gasteiger partial charge in [0, 0.05) is 16.8 Å². The highest BCUT2D eigenvalue weighted by atomic mass is 35.5. The van der Waals surface area contributed by atoms with Crippen LogP contribution in [0.3, 0.4) is 0 Å². The predicted molar refractivity (Wildman–Crippen MR) is 128 cm³/mol. The molecule has 0 spiro atoms. The number of nitrogens with one attached hydrogen (secondary N) is 1. The highest BCUT2D eigenvalue weighted by Gasteiger charge is 2.41. The normalized spacial score (nSPS) is 13.6. The van der Waals surface area contributed by atoms with Crippen LogP contribution in [0.5, 0.6) is 5.75 Å². The van der Waals surface area contributed by atoms with Crippen molar-refractivity contribution in [2.75, 3.05) is 16.8 Å². The van der Waals surface area contributed by atoms with E-state index in [1.165, 1.54) is 24.3 Å². The van der Waals surface area contributed by atoms with Crippen LogP contribution >= 0.6 is 11.6 Å². The van der Waals surface area contributed by atoms with E-state index in [9.17, 15) is 14.0 Å². The summed E-state index contributed by atoms with van der Waals surface area (Å²) >= 11 is 6.25. The highest BCUT2D eigenvalue weighted by molar-refractivity contribution is 6.46. The summed E-state index contributed by atoms with van der Waals surface area (Å²) in [5.74, 6) is -0.832. The molecule has 1 N–H and O–H groups in total. The van der Waals surface area contributed by atoms with Gasteiger partial charge >= 0.3 is 0 Å². The Labute approximate surface area is 196 Å². The van der Waals surface area contributed by atoms with E-state index in [1.54, 1.807) is 43.3 Å². The van der Waals surface area contributed by atoms with Crippen molar-refractivity contribution in [3.05, 3.63) is 94.4 Å². The van der Waals surface area contributed by atoms with Crippen LogP contribution in [-0.4, -0.2) is 18.4 Å². The average Bonchev–Trinajstić information content (AvgIpc) is 3.04. The van der Waals surface area contributed by atoms with Crippen molar-refractivity contribution in [3.63, 3.8) is 0 Å². The van der Waals surface area contributed by atoms with Crippen LogP contribution in [-0.2, 0) is 9.59 Å². The molecule has 1 aliphatic heterocycles. The number of amides is 2. The minimum Gasteiger partial charge on any atom is -0.494 e. The maximum absolute atomic E-state index is 13.6. The van der Waals surface area contributed by atoms with Gasteiger partial charge in [-0.25, -0.2) is 9.29 Å². The molecule has 3 aromatic carbocycles. The van der Waals surface area contributed by atoms with Crippen molar-refractivity contribution in [2.24, 2.45) is 0 Å². The topological polar surface area (TPSA) is 58.6 Å². The molecule has 0 aromatic heterocycles. The zero-order valence-electron chi connectivity index (χ0n) is 18.2. The van der Waals surface area contributed by atoms with E-state index in [2.05, 4.69) is 5.32 Å². The van der Waals surface area contributed by atoms with E-state index in [4.69, 9.17) is 16.3 Å². The Balaban J connectivity index is 1.79. The molecular weight excluding hydrogens is 443 g/mol. The monoisotopic (exact) mass is 464 g/mol. The van der Waals surface area contributed by atoms with Gasteiger partial charge in [-0.2, -0.15) is 0 Å². The number of hydrogen-bond acceptors (Lipinski definition) is 4. The third-order valence-electron chi connectivity index (χ3n) is 5.27. The lowest BCUT2D eigenvalue weighted by Crippen LogP contribution is -2.33. The second-order valence-electron chi connectivity index (χ2n) is 7.59. The summed E-state index contributed by atoms with van der Waals surface area (Å²) in [6, 6.07) is 17.7. The Kier molecular flexibility index (Phi) is 6.47. The largest absolute Gasteiger partial charge is 0.494 e. The zero-order valence-corrected chi connectivity index (χ0v) is 18.9. The van der Waals surface area contributed by atoms with Crippen molar-refractivity contribution < 1.29 is 18.7 Å². The maximum atomic E-state index is 13.6. The van der Waals surface area contributed by atoms with Gasteiger partial charge in [-0.15, -0.1) is 0 Å². The Bertz CT molecular complexity index is 1250. The van der Waals surface area contributed by atoms with Gasteiger partial charge in [0.05, 0.1) is 17.9 Å². The maximum Gasteiger partial charge on any atom is 0.282 e. The molecule has 3 aromatic rings. The number of hydrogen-bond donors (Lipinski definition) is 1. The van der Waals surface area contributed by atoms with E-state index in [1.807, 2.05) is 13.0 Å². The molecule has 4 rings (SSSR count). The summed E-state index contributed by atoms with van der Waals surface area (Å²) in [5.41, 5.74) is 2.27. The second-order valence-corrected chi connectivity index (χ2v) is 8.00. The third-order valence-corrected chi connectivity index (χ3v) is 5.68. The van der Waals surface area contributed by atoms with E-state index in [-0.39, 0.29) is 11.3 Å². The van der Waals surface area contributed by atoms with Crippen LogP contribution in [0.15, 0.2) is 72.4 Å². The van der Waals surface area contributed by atoms with Gasteiger partial charge in [0.2, 0.25) is 0 Å². The molecular formula is C26H22ClFN2O3. The van der Waals surface area contributed by atoms with Crippen molar-refractivity contribution in [1.82, 2.24) is 0 Å². The quantitative estimate of drug-likeness (QED) is 0.437. The lowest BCUT2D eigenvalue weighted by atomic mass is 10.0. The van der Waals surface area contributed by atoms with Gasteiger partial charge in [0.25, 0.3) is 11.8 Å². The molecule has 168 valence electrons. The Morgan fingerprint density at radius 3 is 2.45 bits per heavy atom. The number of imide groups is 1. The molecule has 0 atom stereocenters. The Morgan fingerprint density at radius 2 is 1.73 bits per heavy atom. The average molecular weight is 465 g/mol. The van der Waals surface area contributed by atoms with E-state index >= 15 is 0 Å². The van der Waals surface area contributed by atoms with Gasteiger partial charge in [-0.1, -0.05) is 42.8 Å². The molecule has 1 heterocycles. The van der Waals surface area contributed by atoms with Gasteiger partial charge < -0.3 is 10.1 Å². The molecule has 0 bridgehead atoms. The molecule has 33 heavy (non-hydrogen) atoms. The summed E-state index contributed by atoms with van der Waals surface area (Å²) < 4.78 is 19.2. The first-order valence-electron chi connectivity index (χ1n) is 10.5. The van der Waals surface area contributed by atoms with Crippen molar-refractivity contribution in [3.8, 4) is 5.75 Å². The summed E-state index contributed by atoms with van der Waals surface area (Å²) in [6.45, 7) is 4.32. The van der Waals surface area contributed by atoms with E-state index < -0.39 is 17.6 Å². The lowest BCUT2D eigenvalue weighted by Gasteiger charge is -2.18. The van der Waals surface area contributed by atoms with Crippen LogP contribution in [0.25, 0.3) is 5.57 Å².